The lowest BCUT2D eigenvalue weighted by Crippen LogP contribution is -2.39. The molecule has 154 valence electrons. The second-order valence-electron chi connectivity index (χ2n) is 7.69. The molecule has 0 unspecified atom stereocenters. The summed E-state index contributed by atoms with van der Waals surface area (Å²) in [5, 5.41) is 11.1. The third-order valence-electron chi connectivity index (χ3n) is 5.36. The Kier molecular flexibility index (Phi) is 5.61. The number of hydrogen-bond donors (Lipinski definition) is 1. The Balaban J connectivity index is 1.46. The second-order valence-corrected chi connectivity index (χ2v) is 7.69. The number of carbonyl (C=O) groups is 1. The molecule has 0 radical (unpaired) electrons. The molecule has 7 nitrogen and oxygen atoms in total. The standard InChI is InChI=1S/C23H25N5O2/c1-16-8-12-19(13-9-16)27-14-15-28-22(30)20(25-26-23(27)28)21(29)24-17(2)10-11-18-6-4-3-5-7-18/h3-9,12-13,17H,10-11,14-15H2,1-2H3,(H,24,29)/t17-/m1/s1. The number of carbonyl (C=O) groups excluding carboxylic acids is 1. The van der Waals surface area contributed by atoms with Crippen molar-refractivity contribution in [1.82, 2.24) is 20.1 Å². The lowest BCUT2D eigenvalue weighted by molar-refractivity contribution is 0.0930. The highest BCUT2D eigenvalue weighted by atomic mass is 16.2. The predicted octanol–water partition coefficient (Wildman–Crippen LogP) is 2.85. The molecule has 0 fully saturated rings. The maximum absolute atomic E-state index is 12.9. The highest BCUT2D eigenvalue weighted by molar-refractivity contribution is 5.92. The molecule has 1 aliphatic heterocycles. The lowest BCUT2D eigenvalue weighted by atomic mass is 10.1. The highest BCUT2D eigenvalue weighted by Crippen LogP contribution is 2.26. The molecule has 0 bridgehead atoms. The van der Waals surface area contributed by atoms with E-state index in [1.165, 1.54) is 10.1 Å². The summed E-state index contributed by atoms with van der Waals surface area (Å²) >= 11 is 0. The summed E-state index contributed by atoms with van der Waals surface area (Å²) in [6, 6.07) is 18.0. The second kappa shape index (κ2) is 8.49. The number of hydrogen-bond acceptors (Lipinski definition) is 5. The molecule has 30 heavy (non-hydrogen) atoms. The molecule has 4 rings (SSSR count). The maximum atomic E-state index is 12.9. The number of aryl methyl sites for hydroxylation is 2. The van der Waals surface area contributed by atoms with Crippen molar-refractivity contribution in [1.29, 1.82) is 0 Å². The molecule has 7 heteroatoms. The van der Waals surface area contributed by atoms with Crippen molar-refractivity contribution in [3.05, 3.63) is 81.8 Å². The summed E-state index contributed by atoms with van der Waals surface area (Å²) in [4.78, 5) is 27.4. The van der Waals surface area contributed by atoms with E-state index in [-0.39, 0.29) is 11.7 Å². The Hall–Kier alpha value is -3.48. The SMILES string of the molecule is Cc1ccc(N2CCn3c2nnc(C(=O)N[C@H](C)CCc2ccccc2)c3=O)cc1. The van der Waals surface area contributed by atoms with Crippen LogP contribution in [0.5, 0.6) is 0 Å². The van der Waals surface area contributed by atoms with E-state index in [9.17, 15) is 9.59 Å². The molecule has 0 saturated heterocycles. The first-order valence-electron chi connectivity index (χ1n) is 10.2. The van der Waals surface area contributed by atoms with Gasteiger partial charge in [-0.2, -0.15) is 0 Å². The average Bonchev–Trinajstić information content (AvgIpc) is 3.19. The van der Waals surface area contributed by atoms with Crippen molar-refractivity contribution in [3.8, 4) is 0 Å². The summed E-state index contributed by atoms with van der Waals surface area (Å²) in [7, 11) is 0. The van der Waals surface area contributed by atoms with Crippen molar-refractivity contribution < 1.29 is 4.79 Å². The van der Waals surface area contributed by atoms with Crippen LogP contribution in [0.2, 0.25) is 0 Å². The molecule has 0 aliphatic carbocycles. The van der Waals surface area contributed by atoms with E-state index in [0.717, 1.165) is 24.1 Å². The van der Waals surface area contributed by atoms with Gasteiger partial charge in [-0.3, -0.25) is 14.2 Å². The van der Waals surface area contributed by atoms with Gasteiger partial charge in [-0.15, -0.1) is 10.2 Å². The Labute approximate surface area is 175 Å². The number of anilines is 2. The smallest absolute Gasteiger partial charge is 0.286 e. The van der Waals surface area contributed by atoms with Gasteiger partial charge in [0, 0.05) is 24.8 Å². The Morgan fingerprint density at radius 1 is 1.07 bits per heavy atom. The zero-order chi connectivity index (χ0) is 21.1. The summed E-state index contributed by atoms with van der Waals surface area (Å²) in [5.41, 5.74) is 2.77. The third-order valence-corrected chi connectivity index (χ3v) is 5.36. The first-order chi connectivity index (χ1) is 14.5. The van der Waals surface area contributed by atoms with Crippen LogP contribution in [-0.2, 0) is 13.0 Å². The quantitative estimate of drug-likeness (QED) is 0.685. The van der Waals surface area contributed by atoms with Gasteiger partial charge >= 0.3 is 0 Å². The van der Waals surface area contributed by atoms with Crippen molar-refractivity contribution >= 4 is 17.5 Å². The summed E-state index contributed by atoms with van der Waals surface area (Å²) in [6.07, 6.45) is 1.62. The number of rotatable bonds is 6. The van der Waals surface area contributed by atoms with Gasteiger partial charge in [0.15, 0.2) is 0 Å². The van der Waals surface area contributed by atoms with Gasteiger partial charge in [0.25, 0.3) is 11.5 Å². The van der Waals surface area contributed by atoms with Crippen molar-refractivity contribution in [2.75, 3.05) is 11.4 Å². The van der Waals surface area contributed by atoms with Crippen LogP contribution in [0, 0.1) is 6.92 Å². The van der Waals surface area contributed by atoms with Crippen LogP contribution in [-0.4, -0.2) is 33.3 Å². The monoisotopic (exact) mass is 403 g/mol. The highest BCUT2D eigenvalue weighted by Gasteiger charge is 2.27. The van der Waals surface area contributed by atoms with Crippen LogP contribution < -0.4 is 15.8 Å². The van der Waals surface area contributed by atoms with Gasteiger partial charge in [0.05, 0.1) is 0 Å². The van der Waals surface area contributed by atoms with E-state index in [0.29, 0.717) is 19.0 Å². The van der Waals surface area contributed by atoms with Gasteiger partial charge < -0.3 is 10.2 Å². The zero-order valence-electron chi connectivity index (χ0n) is 17.2. The molecule has 1 atom stereocenters. The van der Waals surface area contributed by atoms with Crippen molar-refractivity contribution in [2.24, 2.45) is 0 Å². The summed E-state index contributed by atoms with van der Waals surface area (Å²) < 4.78 is 1.52. The minimum absolute atomic E-state index is 0.0822. The predicted molar refractivity (Wildman–Crippen MR) is 116 cm³/mol. The summed E-state index contributed by atoms with van der Waals surface area (Å²) in [5.74, 6) is -0.00493. The van der Waals surface area contributed by atoms with Gasteiger partial charge in [0.2, 0.25) is 11.6 Å². The third kappa shape index (κ3) is 4.10. The first-order valence-corrected chi connectivity index (χ1v) is 10.2. The Morgan fingerprint density at radius 2 is 1.80 bits per heavy atom. The number of fused-ring (bicyclic) bond motifs is 1. The van der Waals surface area contributed by atoms with E-state index in [1.54, 1.807) is 0 Å². The number of amides is 1. The van der Waals surface area contributed by atoms with E-state index in [4.69, 9.17) is 0 Å². The maximum Gasteiger partial charge on any atom is 0.286 e. The molecule has 0 saturated carbocycles. The van der Waals surface area contributed by atoms with Crippen molar-refractivity contribution in [2.45, 2.75) is 39.3 Å². The molecule has 1 N–H and O–H groups in total. The van der Waals surface area contributed by atoms with E-state index in [1.807, 2.05) is 61.2 Å². The number of benzene rings is 2. The van der Waals surface area contributed by atoms with E-state index in [2.05, 4.69) is 27.6 Å². The van der Waals surface area contributed by atoms with E-state index < -0.39 is 11.5 Å². The van der Waals surface area contributed by atoms with Gasteiger partial charge in [-0.25, -0.2) is 0 Å². The fraction of sp³-hybridized carbons (Fsp3) is 0.304. The molecule has 0 spiro atoms. The van der Waals surface area contributed by atoms with Crippen LogP contribution >= 0.6 is 0 Å². The zero-order valence-corrected chi connectivity index (χ0v) is 17.2. The van der Waals surface area contributed by atoms with Crippen LogP contribution in [0.4, 0.5) is 11.6 Å². The van der Waals surface area contributed by atoms with Crippen LogP contribution in [0.25, 0.3) is 0 Å². The molecule has 2 heterocycles. The number of aromatic nitrogens is 3. The minimum Gasteiger partial charge on any atom is -0.348 e. The van der Waals surface area contributed by atoms with Crippen LogP contribution in [0.15, 0.2) is 59.4 Å². The first kappa shape index (κ1) is 19.8. The lowest BCUT2D eigenvalue weighted by Gasteiger charge is -2.17. The number of nitrogens with one attached hydrogen (secondary N) is 1. The topological polar surface area (TPSA) is 80.1 Å². The van der Waals surface area contributed by atoms with Crippen LogP contribution in [0.1, 0.15) is 35.0 Å². The normalized spacial score (nSPS) is 13.7. The molecule has 1 aromatic heterocycles. The molecule has 1 amide bonds. The summed E-state index contributed by atoms with van der Waals surface area (Å²) in [6.45, 7) is 5.04. The molecule has 3 aromatic rings. The largest absolute Gasteiger partial charge is 0.348 e. The Bertz CT molecular complexity index is 1090. The minimum atomic E-state index is -0.475. The molecular formula is C23H25N5O2. The average molecular weight is 403 g/mol. The fourth-order valence-electron chi connectivity index (χ4n) is 3.62. The molecular weight excluding hydrogens is 378 g/mol. The fourth-order valence-corrected chi connectivity index (χ4v) is 3.62. The molecule has 2 aromatic carbocycles. The Morgan fingerprint density at radius 3 is 2.53 bits per heavy atom. The van der Waals surface area contributed by atoms with Gasteiger partial charge in [-0.1, -0.05) is 48.0 Å². The van der Waals surface area contributed by atoms with Gasteiger partial charge in [-0.05, 0) is 44.4 Å². The number of nitrogens with zero attached hydrogens (tertiary/aromatic N) is 4. The van der Waals surface area contributed by atoms with Gasteiger partial charge in [0.1, 0.15) is 0 Å². The van der Waals surface area contributed by atoms with Crippen molar-refractivity contribution in [3.63, 3.8) is 0 Å². The molecule has 1 aliphatic rings. The van der Waals surface area contributed by atoms with Crippen LogP contribution in [0.3, 0.4) is 0 Å². The van der Waals surface area contributed by atoms with E-state index >= 15 is 0 Å².